The van der Waals surface area contributed by atoms with Crippen molar-refractivity contribution in [2.75, 3.05) is 0 Å². The maximum atomic E-state index is 11.9. The Balaban J connectivity index is 0.000000165. The van der Waals surface area contributed by atoms with Crippen LogP contribution in [0.5, 0.6) is 0 Å². The van der Waals surface area contributed by atoms with E-state index in [0.29, 0.717) is 5.56 Å². The number of benzene rings is 2. The standard InChI is InChI=1S/C7H5ClO.C6H5F/c8-7(9)6-4-2-1-3-5-6;7-6-4-2-1-3-5-6/h1-5H;1-5H. The molecule has 0 bridgehead atoms. The van der Waals surface area contributed by atoms with E-state index in [2.05, 4.69) is 0 Å². The summed E-state index contributed by atoms with van der Waals surface area (Å²) in [7, 11) is 0. The van der Waals surface area contributed by atoms with E-state index in [-0.39, 0.29) is 5.82 Å². The Bertz CT molecular complexity index is 428. The number of carbonyl (C=O) groups excluding carboxylic acids is 1. The van der Waals surface area contributed by atoms with Gasteiger partial charge in [0.2, 0.25) is 0 Å². The van der Waals surface area contributed by atoms with Gasteiger partial charge in [0, 0.05) is 5.56 Å². The van der Waals surface area contributed by atoms with Gasteiger partial charge in [0.05, 0.1) is 0 Å². The highest BCUT2D eigenvalue weighted by Gasteiger charge is 1.95. The van der Waals surface area contributed by atoms with Crippen LogP contribution in [0.3, 0.4) is 0 Å². The fourth-order valence-corrected chi connectivity index (χ4v) is 1.11. The van der Waals surface area contributed by atoms with Crippen LogP contribution in [-0.2, 0) is 0 Å². The number of carbonyl (C=O) groups is 1. The lowest BCUT2D eigenvalue weighted by Crippen LogP contribution is -1.84. The third-order valence-corrected chi connectivity index (χ3v) is 1.95. The fourth-order valence-electron chi connectivity index (χ4n) is 0.984. The van der Waals surface area contributed by atoms with Crippen LogP contribution in [0, 0.1) is 5.82 Å². The predicted molar refractivity (Wildman–Crippen MR) is 63.0 cm³/mol. The summed E-state index contributed by atoms with van der Waals surface area (Å²) >= 11 is 5.16. The number of rotatable bonds is 1. The molecule has 0 amide bonds. The van der Waals surface area contributed by atoms with Gasteiger partial charge in [-0.25, -0.2) is 4.39 Å². The maximum absolute atomic E-state index is 11.9. The summed E-state index contributed by atoms with van der Waals surface area (Å²) in [6, 6.07) is 16.7. The van der Waals surface area contributed by atoms with Crippen LogP contribution in [0.1, 0.15) is 10.4 Å². The molecule has 0 radical (unpaired) electrons. The molecule has 0 unspecified atom stereocenters. The molecule has 82 valence electrons. The van der Waals surface area contributed by atoms with Gasteiger partial charge >= 0.3 is 0 Å². The Morgan fingerprint density at radius 2 is 1.31 bits per heavy atom. The van der Waals surface area contributed by atoms with Crippen molar-refractivity contribution in [2.45, 2.75) is 0 Å². The summed E-state index contributed by atoms with van der Waals surface area (Å²) in [5, 5.41) is -0.407. The molecule has 0 aliphatic rings. The normalized spacial score (nSPS) is 8.88. The van der Waals surface area contributed by atoms with Gasteiger partial charge in [-0.2, -0.15) is 0 Å². The molecule has 0 saturated heterocycles. The summed E-state index contributed by atoms with van der Waals surface area (Å²) in [4.78, 5) is 10.4. The molecule has 0 fully saturated rings. The van der Waals surface area contributed by atoms with E-state index in [0.717, 1.165) is 0 Å². The van der Waals surface area contributed by atoms with Crippen LogP contribution < -0.4 is 0 Å². The van der Waals surface area contributed by atoms with E-state index < -0.39 is 5.24 Å². The predicted octanol–water partition coefficient (Wildman–Crippen LogP) is 3.89. The molecule has 3 heteroatoms. The number of halogens is 2. The molecule has 0 aliphatic heterocycles. The van der Waals surface area contributed by atoms with Crippen molar-refractivity contribution in [3.8, 4) is 0 Å². The summed E-state index contributed by atoms with van der Waals surface area (Å²) in [6.07, 6.45) is 0. The molecule has 2 aromatic rings. The van der Waals surface area contributed by atoms with Crippen molar-refractivity contribution in [2.24, 2.45) is 0 Å². The molecular formula is C13H10ClFO. The van der Waals surface area contributed by atoms with Crippen molar-refractivity contribution >= 4 is 16.8 Å². The Morgan fingerprint density at radius 1 is 0.875 bits per heavy atom. The van der Waals surface area contributed by atoms with Gasteiger partial charge in [0.25, 0.3) is 5.24 Å². The Hall–Kier alpha value is -1.67. The van der Waals surface area contributed by atoms with Crippen LogP contribution >= 0.6 is 11.6 Å². The zero-order chi connectivity index (χ0) is 11.8. The van der Waals surface area contributed by atoms with Crippen molar-refractivity contribution in [1.82, 2.24) is 0 Å². The minimum absolute atomic E-state index is 0.178. The van der Waals surface area contributed by atoms with Gasteiger partial charge in [-0.1, -0.05) is 48.5 Å². The second-order valence-electron chi connectivity index (χ2n) is 2.94. The average molecular weight is 237 g/mol. The lowest BCUT2D eigenvalue weighted by molar-refractivity contribution is 0.108. The SMILES string of the molecule is Fc1ccccc1.O=C(Cl)c1ccccc1. The number of hydrogen-bond donors (Lipinski definition) is 0. The molecule has 2 rings (SSSR count). The van der Waals surface area contributed by atoms with Gasteiger partial charge in [0.1, 0.15) is 5.82 Å². The highest BCUT2D eigenvalue weighted by molar-refractivity contribution is 6.67. The number of hydrogen-bond acceptors (Lipinski definition) is 1. The van der Waals surface area contributed by atoms with Gasteiger partial charge < -0.3 is 0 Å². The van der Waals surface area contributed by atoms with Crippen LogP contribution in [0.15, 0.2) is 60.7 Å². The molecular weight excluding hydrogens is 227 g/mol. The minimum atomic E-state index is -0.407. The Morgan fingerprint density at radius 3 is 1.56 bits per heavy atom. The van der Waals surface area contributed by atoms with Crippen molar-refractivity contribution in [3.05, 3.63) is 72.0 Å². The quantitative estimate of drug-likeness (QED) is 0.687. The monoisotopic (exact) mass is 236 g/mol. The van der Waals surface area contributed by atoms with Gasteiger partial charge in [0.15, 0.2) is 0 Å². The third kappa shape index (κ3) is 4.71. The summed E-state index contributed by atoms with van der Waals surface area (Å²) in [6.45, 7) is 0. The molecule has 1 nitrogen and oxygen atoms in total. The molecule has 16 heavy (non-hydrogen) atoms. The minimum Gasteiger partial charge on any atom is -0.276 e. The van der Waals surface area contributed by atoms with Crippen LogP contribution in [0.2, 0.25) is 0 Å². The Kier molecular flexibility index (Phi) is 5.23. The molecule has 0 aliphatic carbocycles. The second kappa shape index (κ2) is 6.75. The van der Waals surface area contributed by atoms with Crippen LogP contribution in [0.25, 0.3) is 0 Å². The second-order valence-corrected chi connectivity index (χ2v) is 3.28. The van der Waals surface area contributed by atoms with E-state index in [1.165, 1.54) is 12.1 Å². The maximum Gasteiger partial charge on any atom is 0.252 e. The third-order valence-electron chi connectivity index (χ3n) is 1.73. The molecule has 0 spiro atoms. The molecule has 0 atom stereocenters. The molecule has 0 saturated carbocycles. The lowest BCUT2D eigenvalue weighted by Gasteiger charge is -1.87. The first-order valence-corrected chi connectivity index (χ1v) is 5.03. The molecule has 0 aromatic heterocycles. The van der Waals surface area contributed by atoms with E-state index in [1.807, 2.05) is 6.07 Å². The van der Waals surface area contributed by atoms with E-state index in [4.69, 9.17) is 11.6 Å². The zero-order valence-electron chi connectivity index (χ0n) is 8.44. The molecule has 0 N–H and O–H groups in total. The first-order chi connectivity index (χ1) is 7.70. The topological polar surface area (TPSA) is 17.1 Å². The van der Waals surface area contributed by atoms with E-state index in [9.17, 15) is 9.18 Å². The molecule has 0 heterocycles. The smallest absolute Gasteiger partial charge is 0.252 e. The van der Waals surface area contributed by atoms with Gasteiger partial charge in [-0.05, 0) is 23.7 Å². The summed E-state index contributed by atoms with van der Waals surface area (Å²) < 4.78 is 11.9. The zero-order valence-corrected chi connectivity index (χ0v) is 9.19. The first-order valence-electron chi connectivity index (χ1n) is 4.65. The van der Waals surface area contributed by atoms with Crippen molar-refractivity contribution in [3.63, 3.8) is 0 Å². The first kappa shape index (κ1) is 12.4. The summed E-state index contributed by atoms with van der Waals surface area (Å²) in [5.74, 6) is -0.178. The largest absolute Gasteiger partial charge is 0.276 e. The average Bonchev–Trinajstić information content (AvgIpc) is 2.32. The van der Waals surface area contributed by atoms with Gasteiger partial charge in [-0.15, -0.1) is 0 Å². The summed E-state index contributed by atoms with van der Waals surface area (Å²) in [5.41, 5.74) is 0.541. The van der Waals surface area contributed by atoms with Crippen molar-refractivity contribution in [1.29, 1.82) is 0 Å². The van der Waals surface area contributed by atoms with E-state index in [1.54, 1.807) is 42.5 Å². The Labute approximate surface area is 98.5 Å². The highest BCUT2D eigenvalue weighted by atomic mass is 35.5. The highest BCUT2D eigenvalue weighted by Crippen LogP contribution is 2.01. The van der Waals surface area contributed by atoms with Crippen LogP contribution in [-0.4, -0.2) is 5.24 Å². The van der Waals surface area contributed by atoms with Gasteiger partial charge in [-0.3, -0.25) is 4.79 Å². The lowest BCUT2D eigenvalue weighted by atomic mass is 10.2. The van der Waals surface area contributed by atoms with Crippen LogP contribution in [0.4, 0.5) is 4.39 Å². The van der Waals surface area contributed by atoms with E-state index >= 15 is 0 Å². The van der Waals surface area contributed by atoms with Crippen molar-refractivity contribution < 1.29 is 9.18 Å². The fraction of sp³-hybridized carbons (Fsp3) is 0. The molecule has 2 aromatic carbocycles.